The van der Waals surface area contributed by atoms with Crippen molar-refractivity contribution in [3.8, 4) is 0 Å². The van der Waals surface area contributed by atoms with E-state index in [0.29, 0.717) is 0 Å². The fourth-order valence-electron chi connectivity index (χ4n) is 0.964. The van der Waals surface area contributed by atoms with Crippen LogP contribution in [-0.2, 0) is 0 Å². The van der Waals surface area contributed by atoms with Gasteiger partial charge in [0.05, 0.1) is 5.69 Å². The van der Waals surface area contributed by atoms with Crippen LogP contribution in [0.5, 0.6) is 0 Å². The highest BCUT2D eigenvalue weighted by molar-refractivity contribution is 9.11. The average molecular weight is 414 g/mol. The van der Waals surface area contributed by atoms with E-state index < -0.39 is 0 Å². The number of rotatable bonds is 2. The minimum Gasteiger partial charge on any atom is -0.329 e. The lowest BCUT2D eigenvalue weighted by Crippen LogP contribution is -1.90. The Bertz CT molecular complexity index is 486. The van der Waals surface area contributed by atoms with Crippen LogP contribution < -0.4 is 5.32 Å². The van der Waals surface area contributed by atoms with Gasteiger partial charge in [-0.15, -0.1) is 10.2 Å². The fourth-order valence-corrected chi connectivity index (χ4v) is 2.69. The van der Waals surface area contributed by atoms with Gasteiger partial charge in [-0.1, -0.05) is 27.3 Å². The van der Waals surface area contributed by atoms with Gasteiger partial charge in [0.1, 0.15) is 0 Å². The Balaban J connectivity index is 2.27. The molecule has 2 aromatic rings. The predicted molar refractivity (Wildman–Crippen MR) is 72.7 cm³/mol. The zero-order valence-corrected chi connectivity index (χ0v) is 12.7. The zero-order chi connectivity index (χ0) is 10.8. The first kappa shape index (κ1) is 11.5. The Kier molecular flexibility index (Phi) is 3.76. The second-order valence-corrected chi connectivity index (χ2v) is 6.63. The highest BCUT2D eigenvalue weighted by Gasteiger charge is 2.05. The molecule has 1 aromatic carbocycles. The second kappa shape index (κ2) is 4.90. The van der Waals surface area contributed by atoms with Gasteiger partial charge in [-0.3, -0.25) is 0 Å². The van der Waals surface area contributed by atoms with Crippen molar-refractivity contribution in [3.05, 3.63) is 31.1 Å². The van der Waals surface area contributed by atoms with Gasteiger partial charge in [0.25, 0.3) is 0 Å². The number of anilines is 2. The molecule has 0 atom stereocenters. The zero-order valence-electron chi connectivity index (χ0n) is 7.17. The van der Waals surface area contributed by atoms with Gasteiger partial charge in [0.15, 0.2) is 3.92 Å². The Labute approximate surface area is 116 Å². The van der Waals surface area contributed by atoms with Gasteiger partial charge in [-0.2, -0.15) is 0 Å². The molecule has 15 heavy (non-hydrogen) atoms. The summed E-state index contributed by atoms with van der Waals surface area (Å²) in [6.45, 7) is 0. The van der Waals surface area contributed by atoms with E-state index in [0.717, 1.165) is 23.7 Å². The molecule has 0 fully saturated rings. The molecule has 0 radical (unpaired) electrons. The van der Waals surface area contributed by atoms with E-state index in [1.165, 1.54) is 11.3 Å². The molecule has 1 heterocycles. The molecule has 0 spiro atoms. The van der Waals surface area contributed by atoms with Crippen molar-refractivity contribution in [1.29, 1.82) is 0 Å². The molecule has 1 aromatic heterocycles. The molecule has 0 saturated carbocycles. The van der Waals surface area contributed by atoms with Crippen molar-refractivity contribution < 1.29 is 0 Å². The number of hydrogen-bond donors (Lipinski definition) is 1. The highest BCUT2D eigenvalue weighted by atomic mass is 79.9. The van der Waals surface area contributed by atoms with Crippen molar-refractivity contribution in [2.75, 3.05) is 5.32 Å². The van der Waals surface area contributed by atoms with Crippen LogP contribution in [0.25, 0.3) is 0 Å². The van der Waals surface area contributed by atoms with Crippen molar-refractivity contribution in [1.82, 2.24) is 10.2 Å². The van der Waals surface area contributed by atoms with Crippen LogP contribution in [0.4, 0.5) is 10.8 Å². The van der Waals surface area contributed by atoms with E-state index in [2.05, 4.69) is 63.3 Å². The quantitative estimate of drug-likeness (QED) is 0.783. The summed E-state index contributed by atoms with van der Waals surface area (Å²) in [5.74, 6) is 0. The monoisotopic (exact) mass is 411 g/mol. The standard InChI is InChI=1S/C8H4Br3N3S/c9-4-1-2-5(10)6(3-4)12-8-14-13-7(11)15-8/h1-3H,(H,12,14). The molecule has 0 bridgehead atoms. The predicted octanol–water partition coefficient (Wildman–Crippen LogP) is 4.57. The van der Waals surface area contributed by atoms with E-state index in [4.69, 9.17) is 0 Å². The molecule has 0 amide bonds. The molecule has 2 rings (SSSR count). The van der Waals surface area contributed by atoms with Gasteiger partial charge in [0, 0.05) is 8.95 Å². The molecule has 0 saturated heterocycles. The lowest BCUT2D eigenvalue weighted by Gasteiger charge is -2.04. The highest BCUT2D eigenvalue weighted by Crippen LogP contribution is 2.30. The topological polar surface area (TPSA) is 37.8 Å². The Morgan fingerprint density at radius 2 is 1.93 bits per heavy atom. The van der Waals surface area contributed by atoms with Crippen molar-refractivity contribution in [2.24, 2.45) is 0 Å². The number of nitrogens with zero attached hydrogens (tertiary/aromatic N) is 2. The van der Waals surface area contributed by atoms with Crippen molar-refractivity contribution in [2.45, 2.75) is 0 Å². The van der Waals surface area contributed by atoms with Crippen LogP contribution in [0.2, 0.25) is 0 Å². The number of benzene rings is 1. The smallest absolute Gasteiger partial charge is 0.210 e. The minimum atomic E-state index is 0.751. The summed E-state index contributed by atoms with van der Waals surface area (Å²) in [5.41, 5.74) is 0.952. The SMILES string of the molecule is Brc1ccc(Br)c(Nc2nnc(Br)s2)c1. The Morgan fingerprint density at radius 3 is 2.60 bits per heavy atom. The first-order chi connectivity index (χ1) is 7.15. The van der Waals surface area contributed by atoms with Gasteiger partial charge in [0.2, 0.25) is 5.13 Å². The molecule has 0 aliphatic rings. The summed E-state index contributed by atoms with van der Waals surface area (Å²) >= 11 is 11.6. The van der Waals surface area contributed by atoms with Crippen LogP contribution in [0.3, 0.4) is 0 Å². The maximum absolute atomic E-state index is 3.96. The van der Waals surface area contributed by atoms with Crippen LogP contribution >= 0.6 is 59.1 Å². The van der Waals surface area contributed by atoms with Crippen LogP contribution in [-0.4, -0.2) is 10.2 Å². The molecule has 0 aliphatic heterocycles. The Morgan fingerprint density at radius 1 is 1.13 bits per heavy atom. The van der Waals surface area contributed by atoms with Crippen molar-refractivity contribution >= 4 is 69.9 Å². The third kappa shape index (κ3) is 2.99. The first-order valence-corrected chi connectivity index (χ1v) is 7.06. The molecule has 0 unspecified atom stereocenters. The second-order valence-electron chi connectivity index (χ2n) is 2.61. The summed E-state index contributed by atoms with van der Waals surface area (Å²) in [6, 6.07) is 5.90. The largest absolute Gasteiger partial charge is 0.329 e. The van der Waals surface area contributed by atoms with Crippen molar-refractivity contribution in [3.63, 3.8) is 0 Å². The molecule has 7 heteroatoms. The lowest BCUT2D eigenvalue weighted by atomic mass is 10.3. The van der Waals surface area contributed by atoms with Gasteiger partial charge < -0.3 is 5.32 Å². The van der Waals surface area contributed by atoms with E-state index in [1.54, 1.807) is 0 Å². The van der Waals surface area contributed by atoms with Gasteiger partial charge >= 0.3 is 0 Å². The normalized spacial score (nSPS) is 10.3. The molecule has 3 nitrogen and oxygen atoms in total. The van der Waals surface area contributed by atoms with E-state index >= 15 is 0 Å². The molecular formula is C8H4Br3N3S. The molecule has 0 aliphatic carbocycles. The van der Waals surface area contributed by atoms with Crippen LogP contribution in [0.1, 0.15) is 0 Å². The number of aromatic nitrogens is 2. The molecule has 1 N–H and O–H groups in total. The third-order valence-electron chi connectivity index (χ3n) is 1.57. The van der Waals surface area contributed by atoms with E-state index in [-0.39, 0.29) is 0 Å². The first-order valence-electron chi connectivity index (χ1n) is 3.86. The van der Waals surface area contributed by atoms with E-state index in [1.807, 2.05) is 18.2 Å². The minimum absolute atomic E-state index is 0.751. The summed E-state index contributed by atoms with van der Waals surface area (Å²) in [5, 5.41) is 11.7. The summed E-state index contributed by atoms with van der Waals surface area (Å²) in [4.78, 5) is 0. The molecular weight excluding hydrogens is 410 g/mol. The maximum Gasteiger partial charge on any atom is 0.210 e. The molecule has 78 valence electrons. The fraction of sp³-hybridized carbons (Fsp3) is 0. The average Bonchev–Trinajstić information content (AvgIpc) is 2.58. The summed E-state index contributed by atoms with van der Waals surface area (Å²) in [7, 11) is 0. The van der Waals surface area contributed by atoms with Crippen LogP contribution in [0, 0.1) is 0 Å². The summed E-state index contributed by atoms with van der Waals surface area (Å²) in [6.07, 6.45) is 0. The van der Waals surface area contributed by atoms with E-state index in [9.17, 15) is 0 Å². The number of hydrogen-bond acceptors (Lipinski definition) is 4. The van der Waals surface area contributed by atoms with Crippen LogP contribution in [0.15, 0.2) is 31.1 Å². The lowest BCUT2D eigenvalue weighted by molar-refractivity contribution is 1.07. The van der Waals surface area contributed by atoms with Gasteiger partial charge in [-0.05, 0) is 50.1 Å². The van der Waals surface area contributed by atoms with Gasteiger partial charge in [-0.25, -0.2) is 0 Å². The summed E-state index contributed by atoms with van der Waals surface area (Å²) < 4.78 is 2.75. The Hall–Kier alpha value is 0.0200. The number of nitrogens with one attached hydrogen (secondary N) is 1. The third-order valence-corrected chi connectivity index (χ3v) is 4.03. The maximum atomic E-state index is 3.96. The number of halogens is 3.